The Bertz CT molecular complexity index is 783. The Morgan fingerprint density at radius 1 is 1.31 bits per heavy atom. The molecule has 0 unspecified atom stereocenters. The lowest BCUT2D eigenvalue weighted by Gasteiger charge is -2.24. The summed E-state index contributed by atoms with van der Waals surface area (Å²) in [7, 11) is 0. The topological polar surface area (TPSA) is 73.6 Å². The van der Waals surface area contributed by atoms with Gasteiger partial charge in [-0.1, -0.05) is 13.8 Å². The van der Waals surface area contributed by atoms with Gasteiger partial charge in [-0.25, -0.2) is 0 Å². The summed E-state index contributed by atoms with van der Waals surface area (Å²) < 4.78 is 14.2. The second kappa shape index (κ2) is 9.92. The number of cyclic esters (lactones) is 1. The van der Waals surface area contributed by atoms with Crippen LogP contribution in [0.4, 0.5) is 0 Å². The quantitative estimate of drug-likeness (QED) is 0.259. The van der Waals surface area contributed by atoms with Crippen molar-refractivity contribution in [3.63, 3.8) is 0 Å². The number of pyridine rings is 1. The van der Waals surface area contributed by atoms with Crippen LogP contribution in [-0.2, 0) is 23.9 Å². The van der Waals surface area contributed by atoms with Gasteiger partial charge in [0, 0.05) is 6.42 Å². The molecule has 2 atom stereocenters. The van der Waals surface area contributed by atoms with Gasteiger partial charge in [-0.15, -0.1) is 3.97 Å². The highest BCUT2D eigenvalue weighted by Gasteiger charge is 2.62. The van der Waals surface area contributed by atoms with Crippen LogP contribution in [0.25, 0.3) is 0 Å². The van der Waals surface area contributed by atoms with E-state index in [1.54, 1.807) is 17.8 Å². The highest BCUT2D eigenvalue weighted by molar-refractivity contribution is 9.11. The van der Waals surface area contributed by atoms with Crippen LogP contribution >= 0.6 is 43.8 Å². The average Bonchev–Trinajstić information content (AvgIpc) is 2.89. The molecule has 1 aliphatic heterocycles. The monoisotopic (exact) mass is 550 g/mol. The van der Waals surface area contributed by atoms with Gasteiger partial charge >= 0.3 is 11.9 Å². The van der Waals surface area contributed by atoms with E-state index in [4.69, 9.17) is 9.47 Å². The minimum atomic E-state index is -1.42. The molecule has 6 nitrogen and oxygen atoms in total. The van der Waals surface area contributed by atoms with Gasteiger partial charge in [0.2, 0.25) is 0 Å². The molecule has 9 heteroatoms. The maximum Gasteiger partial charge on any atom is 0.324 e. The van der Waals surface area contributed by atoms with Crippen molar-refractivity contribution in [3.05, 3.63) is 27.4 Å². The summed E-state index contributed by atoms with van der Waals surface area (Å²) in [6.45, 7) is 7.50. The van der Waals surface area contributed by atoms with E-state index in [-0.39, 0.29) is 24.6 Å². The molecule has 2 rings (SSSR count). The maximum atomic E-state index is 13.0. The minimum absolute atomic E-state index is 0.0105. The molecule has 1 fully saturated rings. The lowest BCUT2D eigenvalue weighted by molar-refractivity contribution is -0.495. The predicted molar refractivity (Wildman–Crippen MR) is 117 cm³/mol. The summed E-state index contributed by atoms with van der Waals surface area (Å²) in [5, 5.41) is 0. The third-order valence-electron chi connectivity index (χ3n) is 4.87. The third-order valence-corrected chi connectivity index (χ3v) is 6.64. The van der Waals surface area contributed by atoms with E-state index in [9.17, 15) is 14.4 Å². The van der Waals surface area contributed by atoms with Crippen LogP contribution in [-0.4, -0.2) is 35.7 Å². The van der Waals surface area contributed by atoms with E-state index in [1.807, 2.05) is 32.3 Å². The third kappa shape index (κ3) is 5.82. The lowest BCUT2D eigenvalue weighted by atomic mass is 9.75. The molecule has 0 radical (unpaired) electrons. The van der Waals surface area contributed by atoms with Gasteiger partial charge in [0.25, 0.3) is 0 Å². The van der Waals surface area contributed by atoms with Crippen molar-refractivity contribution in [3.8, 4) is 0 Å². The van der Waals surface area contributed by atoms with Crippen molar-refractivity contribution in [2.75, 3.05) is 12.4 Å². The highest BCUT2D eigenvalue weighted by atomic mass is 79.9. The van der Waals surface area contributed by atoms with Crippen LogP contribution in [0.3, 0.4) is 0 Å². The number of ether oxygens (including phenoxy) is 2. The fraction of sp³-hybridized carbons (Fsp3) is 0.600. The van der Waals surface area contributed by atoms with Gasteiger partial charge in [0.05, 0.1) is 15.6 Å². The highest BCUT2D eigenvalue weighted by Crippen LogP contribution is 2.46. The average molecular weight is 552 g/mol. The van der Waals surface area contributed by atoms with E-state index < -0.39 is 23.0 Å². The molecule has 0 spiro atoms. The SMILES string of the molecule is CCOC(=O)[C@]1(CCC(C)C)C[C@](C)(C(=O)CS[n+]2cc(Br)cc(Br)c2)OC1=O. The number of rotatable bonds is 9. The zero-order valence-electron chi connectivity index (χ0n) is 17.0. The molecule has 1 aromatic heterocycles. The molecule has 0 N–H and O–H groups in total. The molecule has 0 bridgehead atoms. The first-order valence-electron chi connectivity index (χ1n) is 9.47. The summed E-state index contributed by atoms with van der Waals surface area (Å²) in [5.74, 6) is -1.09. The summed E-state index contributed by atoms with van der Waals surface area (Å²) in [6, 6.07) is 1.89. The van der Waals surface area contributed by atoms with Crippen molar-refractivity contribution in [1.82, 2.24) is 0 Å². The number of carbonyl (C=O) groups excluding carboxylic acids is 3. The van der Waals surface area contributed by atoms with Gasteiger partial charge in [0.1, 0.15) is 5.75 Å². The van der Waals surface area contributed by atoms with E-state index in [1.165, 1.54) is 11.9 Å². The Morgan fingerprint density at radius 3 is 2.48 bits per heavy atom. The minimum Gasteiger partial charge on any atom is -0.465 e. The number of hydrogen-bond acceptors (Lipinski definition) is 6. The predicted octanol–water partition coefficient (Wildman–Crippen LogP) is 4.26. The number of aromatic nitrogens is 1. The number of esters is 2. The number of carbonyl (C=O) groups is 3. The van der Waals surface area contributed by atoms with E-state index in [0.29, 0.717) is 18.8 Å². The molecule has 0 saturated carbocycles. The molecule has 0 aromatic carbocycles. The Morgan fingerprint density at radius 2 is 1.93 bits per heavy atom. The normalized spacial score (nSPS) is 23.9. The first-order valence-corrected chi connectivity index (χ1v) is 12.0. The molecule has 0 amide bonds. The van der Waals surface area contributed by atoms with E-state index >= 15 is 0 Å². The Kier molecular flexibility index (Phi) is 8.32. The zero-order valence-corrected chi connectivity index (χ0v) is 21.0. The summed E-state index contributed by atoms with van der Waals surface area (Å²) in [4.78, 5) is 38.5. The van der Waals surface area contributed by atoms with Gasteiger partial charge in [0.15, 0.2) is 41.1 Å². The van der Waals surface area contributed by atoms with Gasteiger partial charge < -0.3 is 9.47 Å². The van der Waals surface area contributed by atoms with Crippen molar-refractivity contribution in [2.45, 2.75) is 52.6 Å². The van der Waals surface area contributed by atoms with Crippen LogP contribution in [0.15, 0.2) is 27.4 Å². The standard InChI is InChI=1S/C20H26Br2NO5S/c1-5-27-17(25)20(7-6-13(2)3)12-19(4,28-18(20)26)16(24)11-29-23-9-14(21)8-15(22)10-23/h8-10,13H,5-7,11-12H2,1-4H3/q+1/t19-,20+/m1/s1. The molecule has 1 aromatic rings. The van der Waals surface area contributed by atoms with Crippen LogP contribution < -0.4 is 3.97 Å². The van der Waals surface area contributed by atoms with Crippen molar-refractivity contribution >= 4 is 61.5 Å². The number of hydrogen-bond donors (Lipinski definition) is 0. The molecular formula is C20H26Br2NO5S+. The fourth-order valence-corrected chi connectivity index (χ4v) is 5.70. The van der Waals surface area contributed by atoms with Crippen molar-refractivity contribution in [2.24, 2.45) is 11.3 Å². The largest absolute Gasteiger partial charge is 0.465 e. The van der Waals surface area contributed by atoms with Crippen LogP contribution in [0.5, 0.6) is 0 Å². The van der Waals surface area contributed by atoms with Crippen LogP contribution in [0, 0.1) is 11.3 Å². The van der Waals surface area contributed by atoms with Gasteiger partial charge in [-0.3, -0.25) is 14.4 Å². The summed E-state index contributed by atoms with van der Waals surface area (Å²) >= 11 is 8.10. The second-order valence-corrected chi connectivity index (χ2v) is 10.6. The second-order valence-electron chi connectivity index (χ2n) is 7.76. The molecule has 1 saturated heterocycles. The molecule has 1 aliphatic rings. The molecule has 2 heterocycles. The Balaban J connectivity index is 2.18. The Hall–Kier alpha value is -0.930. The maximum absolute atomic E-state index is 13.0. The Labute approximate surface area is 192 Å². The van der Waals surface area contributed by atoms with Gasteiger partial charge in [-0.05, 0) is 70.5 Å². The van der Waals surface area contributed by atoms with E-state index in [2.05, 4.69) is 31.9 Å². The van der Waals surface area contributed by atoms with Gasteiger partial charge in [-0.2, -0.15) is 0 Å². The van der Waals surface area contributed by atoms with E-state index in [0.717, 1.165) is 8.95 Å². The number of nitrogens with zero attached hydrogens (tertiary/aromatic N) is 1. The smallest absolute Gasteiger partial charge is 0.324 e. The zero-order chi connectivity index (χ0) is 21.8. The van der Waals surface area contributed by atoms with Crippen LogP contribution in [0.1, 0.15) is 47.0 Å². The lowest BCUT2D eigenvalue weighted by Crippen LogP contribution is -2.41. The first-order chi connectivity index (χ1) is 13.5. The molecule has 29 heavy (non-hydrogen) atoms. The summed E-state index contributed by atoms with van der Waals surface area (Å²) in [6.07, 6.45) is 4.64. The summed E-state index contributed by atoms with van der Waals surface area (Å²) in [5.41, 5.74) is -2.76. The molecular weight excluding hydrogens is 526 g/mol. The van der Waals surface area contributed by atoms with Crippen LogP contribution in [0.2, 0.25) is 0 Å². The first kappa shape index (κ1) is 24.3. The number of Topliss-reactive ketones (excluding diaryl/α,β-unsaturated/α-hetero) is 1. The van der Waals surface area contributed by atoms with Crippen molar-refractivity contribution in [1.29, 1.82) is 0 Å². The molecule has 160 valence electrons. The molecule has 0 aliphatic carbocycles. The number of ketones is 1. The number of halogens is 2. The van der Waals surface area contributed by atoms with Crippen molar-refractivity contribution < 1.29 is 27.8 Å². The fourth-order valence-electron chi connectivity index (χ4n) is 3.24.